The summed E-state index contributed by atoms with van der Waals surface area (Å²) in [6.45, 7) is 1.52. The second-order valence-electron chi connectivity index (χ2n) is 7.57. The van der Waals surface area contributed by atoms with Gasteiger partial charge in [0.1, 0.15) is 11.8 Å². The van der Waals surface area contributed by atoms with Gasteiger partial charge in [0.2, 0.25) is 0 Å². The average Bonchev–Trinajstić information content (AvgIpc) is 3.33. The number of nitrogens with zero attached hydrogens (tertiary/aromatic N) is 1. The average molecular weight is 514 g/mol. The van der Waals surface area contributed by atoms with Gasteiger partial charge in [0, 0.05) is 10.9 Å². The molecule has 0 aliphatic rings. The third-order valence-electron chi connectivity index (χ3n) is 5.00. The Morgan fingerprint density at radius 1 is 1.11 bits per heavy atom. The van der Waals surface area contributed by atoms with E-state index in [1.807, 2.05) is 42.8 Å². The largest absolute Gasteiger partial charge is 0.496 e. The van der Waals surface area contributed by atoms with Crippen LogP contribution in [0.25, 0.3) is 11.3 Å². The number of thioether (sulfide) groups is 1. The van der Waals surface area contributed by atoms with Gasteiger partial charge in [-0.3, -0.25) is 14.9 Å². The highest BCUT2D eigenvalue weighted by atomic mass is 32.2. The molecular formula is C25H27N3O5S2. The molecule has 2 amide bonds. The van der Waals surface area contributed by atoms with Crippen molar-refractivity contribution in [3.05, 3.63) is 65.0 Å². The Hall–Kier alpha value is -3.37. The Balaban J connectivity index is 1.56. The standard InChI is InChI=1S/C25H27N3O5S2/c1-16-8-10-17(11-9-16)20-15-35-25(27-20)28-22(29)14-33-24(31)19(12-13-34-3)26-23(30)18-6-4-5-7-21(18)32-2/h4-11,15,19H,12-14H2,1-3H3,(H,26,30)(H,27,28,29)/t19-/m0/s1. The third-order valence-corrected chi connectivity index (χ3v) is 6.40. The first-order valence-electron chi connectivity index (χ1n) is 10.8. The predicted octanol–water partition coefficient (Wildman–Crippen LogP) is 4.16. The molecule has 0 saturated carbocycles. The zero-order chi connectivity index (χ0) is 25.2. The van der Waals surface area contributed by atoms with Crippen LogP contribution in [0.4, 0.5) is 5.13 Å². The molecule has 8 nitrogen and oxygen atoms in total. The van der Waals surface area contributed by atoms with Gasteiger partial charge in [-0.15, -0.1) is 11.3 Å². The number of rotatable bonds is 11. The zero-order valence-electron chi connectivity index (χ0n) is 19.7. The van der Waals surface area contributed by atoms with Gasteiger partial charge < -0.3 is 14.8 Å². The number of aromatic nitrogens is 1. The number of carbonyl (C=O) groups excluding carboxylic acids is 3. The van der Waals surface area contributed by atoms with Crippen LogP contribution in [0, 0.1) is 6.92 Å². The molecule has 1 atom stereocenters. The topological polar surface area (TPSA) is 107 Å². The number of amides is 2. The van der Waals surface area contributed by atoms with Crippen molar-refractivity contribution in [3.63, 3.8) is 0 Å². The van der Waals surface area contributed by atoms with E-state index in [1.165, 1.54) is 30.2 Å². The van der Waals surface area contributed by atoms with Crippen molar-refractivity contribution in [2.24, 2.45) is 0 Å². The summed E-state index contributed by atoms with van der Waals surface area (Å²) >= 11 is 2.82. The lowest BCUT2D eigenvalue weighted by Gasteiger charge is -2.18. The maximum absolute atomic E-state index is 12.7. The first kappa shape index (κ1) is 26.2. The van der Waals surface area contributed by atoms with Crippen molar-refractivity contribution in [2.75, 3.05) is 31.0 Å². The lowest BCUT2D eigenvalue weighted by Crippen LogP contribution is -2.43. The van der Waals surface area contributed by atoms with Gasteiger partial charge in [0.25, 0.3) is 11.8 Å². The number of ether oxygens (including phenoxy) is 2. The molecular weight excluding hydrogens is 486 g/mol. The molecule has 3 aromatic rings. The van der Waals surface area contributed by atoms with Crippen molar-refractivity contribution in [1.82, 2.24) is 10.3 Å². The van der Waals surface area contributed by atoms with E-state index < -0.39 is 30.4 Å². The third kappa shape index (κ3) is 7.56. The quantitative estimate of drug-likeness (QED) is 0.371. The molecule has 3 rings (SSSR count). The minimum Gasteiger partial charge on any atom is -0.496 e. The van der Waals surface area contributed by atoms with Crippen molar-refractivity contribution < 1.29 is 23.9 Å². The van der Waals surface area contributed by atoms with Crippen molar-refractivity contribution in [2.45, 2.75) is 19.4 Å². The van der Waals surface area contributed by atoms with E-state index in [0.717, 1.165) is 16.8 Å². The lowest BCUT2D eigenvalue weighted by atomic mass is 10.1. The Labute approximate surface area is 212 Å². The molecule has 0 spiro atoms. The van der Waals surface area contributed by atoms with Gasteiger partial charge in [0.05, 0.1) is 18.4 Å². The molecule has 0 bridgehead atoms. The van der Waals surface area contributed by atoms with Crippen LogP contribution in [0.5, 0.6) is 5.75 Å². The van der Waals surface area contributed by atoms with Crippen molar-refractivity contribution in [3.8, 4) is 17.0 Å². The molecule has 2 N–H and O–H groups in total. The first-order chi connectivity index (χ1) is 16.9. The van der Waals surface area contributed by atoms with Gasteiger partial charge >= 0.3 is 5.97 Å². The second-order valence-corrected chi connectivity index (χ2v) is 9.41. The Morgan fingerprint density at radius 3 is 2.57 bits per heavy atom. The number of nitrogens with one attached hydrogen (secondary N) is 2. The maximum Gasteiger partial charge on any atom is 0.329 e. The Bertz CT molecular complexity index is 1160. The Morgan fingerprint density at radius 2 is 1.86 bits per heavy atom. The first-order valence-corrected chi connectivity index (χ1v) is 13.1. The van der Waals surface area contributed by atoms with Crippen LogP contribution in [0.15, 0.2) is 53.9 Å². The van der Waals surface area contributed by atoms with Gasteiger partial charge in [-0.2, -0.15) is 11.8 Å². The highest BCUT2D eigenvalue weighted by Gasteiger charge is 2.24. The predicted molar refractivity (Wildman–Crippen MR) is 139 cm³/mol. The van der Waals surface area contributed by atoms with Crippen LogP contribution in [0.3, 0.4) is 0 Å². The number of aryl methyl sites for hydroxylation is 1. The van der Waals surface area contributed by atoms with Crippen LogP contribution >= 0.6 is 23.1 Å². The van der Waals surface area contributed by atoms with Gasteiger partial charge in [0.15, 0.2) is 11.7 Å². The molecule has 2 aromatic carbocycles. The smallest absolute Gasteiger partial charge is 0.329 e. The number of anilines is 1. The molecule has 0 aliphatic heterocycles. The van der Waals surface area contributed by atoms with Gasteiger partial charge in [-0.25, -0.2) is 9.78 Å². The molecule has 0 unspecified atom stereocenters. The van der Waals surface area contributed by atoms with Crippen LogP contribution < -0.4 is 15.4 Å². The van der Waals surface area contributed by atoms with Crippen molar-refractivity contribution >= 4 is 46.0 Å². The molecule has 0 saturated heterocycles. The number of carbonyl (C=O) groups is 3. The maximum atomic E-state index is 12.7. The summed E-state index contributed by atoms with van der Waals surface area (Å²) in [5.41, 5.74) is 3.15. The van der Waals surface area contributed by atoms with Crippen LogP contribution in [-0.2, 0) is 14.3 Å². The molecule has 0 aliphatic carbocycles. The van der Waals surface area contributed by atoms with E-state index in [1.54, 1.807) is 24.3 Å². The van der Waals surface area contributed by atoms with E-state index in [9.17, 15) is 14.4 Å². The zero-order valence-corrected chi connectivity index (χ0v) is 21.3. The minimum absolute atomic E-state index is 0.308. The molecule has 1 aromatic heterocycles. The molecule has 1 heterocycles. The van der Waals surface area contributed by atoms with E-state index >= 15 is 0 Å². The van der Waals surface area contributed by atoms with Crippen LogP contribution in [0.1, 0.15) is 22.3 Å². The highest BCUT2D eigenvalue weighted by Crippen LogP contribution is 2.25. The van der Waals surface area contributed by atoms with Gasteiger partial charge in [-0.1, -0.05) is 42.0 Å². The number of benzene rings is 2. The second kappa shape index (κ2) is 12.9. The Kier molecular flexibility index (Phi) is 9.68. The van der Waals surface area contributed by atoms with E-state index in [2.05, 4.69) is 15.6 Å². The fraction of sp³-hybridized carbons (Fsp3) is 0.280. The van der Waals surface area contributed by atoms with E-state index in [4.69, 9.17) is 9.47 Å². The summed E-state index contributed by atoms with van der Waals surface area (Å²) in [6.07, 6.45) is 2.26. The van der Waals surface area contributed by atoms with Crippen LogP contribution in [-0.4, -0.2) is 54.5 Å². The summed E-state index contributed by atoms with van der Waals surface area (Å²) in [6, 6.07) is 13.7. The van der Waals surface area contributed by atoms with E-state index in [-0.39, 0.29) is 0 Å². The molecule has 35 heavy (non-hydrogen) atoms. The molecule has 0 fully saturated rings. The molecule has 10 heteroatoms. The number of hydrogen-bond donors (Lipinski definition) is 2. The summed E-state index contributed by atoms with van der Waals surface area (Å²) in [5.74, 6) is -0.630. The number of esters is 1. The highest BCUT2D eigenvalue weighted by molar-refractivity contribution is 7.98. The fourth-order valence-electron chi connectivity index (χ4n) is 3.13. The lowest BCUT2D eigenvalue weighted by molar-refractivity contribution is -0.149. The number of para-hydroxylation sites is 1. The number of hydrogen-bond acceptors (Lipinski definition) is 8. The van der Waals surface area contributed by atoms with Crippen molar-refractivity contribution in [1.29, 1.82) is 0 Å². The fourth-order valence-corrected chi connectivity index (χ4v) is 4.34. The number of thiazole rings is 1. The molecule has 0 radical (unpaired) electrons. The number of methoxy groups -OCH3 is 1. The SMILES string of the molecule is COc1ccccc1C(=O)N[C@@H](CCSC)C(=O)OCC(=O)Nc1nc(-c2ccc(C)cc2)cs1. The molecule has 184 valence electrons. The van der Waals surface area contributed by atoms with E-state index in [0.29, 0.717) is 28.6 Å². The summed E-state index contributed by atoms with van der Waals surface area (Å²) in [7, 11) is 1.47. The monoisotopic (exact) mass is 513 g/mol. The van der Waals surface area contributed by atoms with Crippen LogP contribution in [0.2, 0.25) is 0 Å². The summed E-state index contributed by atoms with van der Waals surface area (Å²) in [4.78, 5) is 42.2. The summed E-state index contributed by atoms with van der Waals surface area (Å²) in [5, 5.41) is 7.59. The summed E-state index contributed by atoms with van der Waals surface area (Å²) < 4.78 is 10.4. The van der Waals surface area contributed by atoms with Gasteiger partial charge in [-0.05, 0) is 37.5 Å². The minimum atomic E-state index is -0.902. The normalized spacial score (nSPS) is 11.4.